The van der Waals surface area contributed by atoms with Crippen LogP contribution in [0.4, 0.5) is 0 Å². The Hall–Kier alpha value is -2.03. The minimum absolute atomic E-state index is 0.231. The molecule has 0 heterocycles. The van der Waals surface area contributed by atoms with Crippen molar-refractivity contribution in [1.82, 2.24) is 0 Å². The highest BCUT2D eigenvalue weighted by atomic mass is 16.5. The van der Waals surface area contributed by atoms with Crippen molar-refractivity contribution in [3.63, 3.8) is 0 Å². The van der Waals surface area contributed by atoms with Crippen molar-refractivity contribution in [3.8, 4) is 5.75 Å². The topological polar surface area (TPSA) is 46.5 Å². The normalized spacial score (nSPS) is 10.9. The number of benzene rings is 2. The third-order valence-electron chi connectivity index (χ3n) is 3.71. The van der Waals surface area contributed by atoms with E-state index >= 15 is 0 Å². The molecule has 0 unspecified atom stereocenters. The summed E-state index contributed by atoms with van der Waals surface area (Å²) >= 11 is 0. The molecule has 1 N–H and O–H groups in total. The summed E-state index contributed by atoms with van der Waals surface area (Å²) in [6.45, 7) is 4.80. The molecular weight excluding hydrogens is 252 g/mol. The van der Waals surface area contributed by atoms with Crippen LogP contribution in [0.1, 0.15) is 37.0 Å². The Kier molecular flexibility index (Phi) is 4.61. The lowest BCUT2D eigenvalue weighted by Gasteiger charge is -2.15. The van der Waals surface area contributed by atoms with Crippen molar-refractivity contribution in [2.45, 2.75) is 26.7 Å². The third-order valence-corrected chi connectivity index (χ3v) is 3.71. The Balaban J connectivity index is 2.34. The van der Waals surface area contributed by atoms with Gasteiger partial charge in [0, 0.05) is 0 Å². The predicted octanol–water partition coefficient (Wildman–Crippen LogP) is 4.35. The Morgan fingerprint density at radius 2 is 1.75 bits per heavy atom. The molecule has 106 valence electrons. The van der Waals surface area contributed by atoms with E-state index in [4.69, 9.17) is 4.74 Å². The molecule has 0 fully saturated rings. The number of hydrogen-bond acceptors (Lipinski definition) is 2. The first-order valence-corrected chi connectivity index (χ1v) is 7.04. The molecular formula is C17H20O3. The smallest absolute Gasteiger partial charge is 0.339 e. The largest absolute Gasteiger partial charge is 0.492 e. The average Bonchev–Trinajstić information content (AvgIpc) is 2.47. The second-order valence-corrected chi connectivity index (χ2v) is 4.99. The lowest BCUT2D eigenvalue weighted by atomic mass is 10.0. The van der Waals surface area contributed by atoms with E-state index < -0.39 is 5.97 Å². The standard InChI is InChI=1S/C17H20O3/c1-3-12(4-2)11-20-16-10-14-8-6-5-7-13(14)9-15(16)17(18)19/h5-10,12H,3-4,11H2,1-2H3,(H,18,19). The van der Waals surface area contributed by atoms with Crippen LogP contribution in [0.5, 0.6) is 5.75 Å². The maximum absolute atomic E-state index is 11.4. The van der Waals surface area contributed by atoms with Gasteiger partial charge in [0.1, 0.15) is 11.3 Å². The van der Waals surface area contributed by atoms with E-state index in [9.17, 15) is 9.90 Å². The van der Waals surface area contributed by atoms with Crippen molar-refractivity contribution in [2.24, 2.45) is 5.92 Å². The first kappa shape index (κ1) is 14.4. The van der Waals surface area contributed by atoms with Crippen molar-refractivity contribution in [1.29, 1.82) is 0 Å². The molecule has 0 aliphatic heterocycles. The van der Waals surface area contributed by atoms with E-state index in [0.717, 1.165) is 23.6 Å². The Morgan fingerprint density at radius 1 is 1.15 bits per heavy atom. The molecule has 2 aromatic carbocycles. The number of fused-ring (bicyclic) bond motifs is 1. The van der Waals surface area contributed by atoms with E-state index in [1.165, 1.54) is 0 Å². The molecule has 3 heteroatoms. The summed E-state index contributed by atoms with van der Waals surface area (Å²) in [5.41, 5.74) is 0.231. The van der Waals surface area contributed by atoms with Crippen LogP contribution < -0.4 is 4.74 Å². The van der Waals surface area contributed by atoms with Crippen LogP contribution in [-0.2, 0) is 0 Å². The van der Waals surface area contributed by atoms with Gasteiger partial charge in [0.25, 0.3) is 0 Å². The minimum atomic E-state index is -0.949. The first-order valence-electron chi connectivity index (χ1n) is 7.04. The van der Waals surface area contributed by atoms with Crippen molar-refractivity contribution < 1.29 is 14.6 Å². The second kappa shape index (κ2) is 6.42. The van der Waals surface area contributed by atoms with Gasteiger partial charge in [-0.2, -0.15) is 0 Å². The lowest BCUT2D eigenvalue weighted by Crippen LogP contribution is -2.12. The molecule has 0 amide bonds. The number of carboxylic acid groups (broad SMARTS) is 1. The molecule has 0 spiro atoms. The lowest BCUT2D eigenvalue weighted by molar-refractivity contribution is 0.0691. The Labute approximate surface area is 119 Å². The van der Waals surface area contributed by atoms with E-state index in [1.54, 1.807) is 6.07 Å². The molecule has 3 nitrogen and oxygen atoms in total. The summed E-state index contributed by atoms with van der Waals surface area (Å²) in [6, 6.07) is 11.2. The third kappa shape index (κ3) is 3.10. The van der Waals surface area contributed by atoms with Crippen molar-refractivity contribution >= 4 is 16.7 Å². The molecule has 0 atom stereocenters. The predicted molar refractivity (Wildman–Crippen MR) is 80.5 cm³/mol. The highest BCUT2D eigenvalue weighted by Gasteiger charge is 2.14. The fourth-order valence-electron chi connectivity index (χ4n) is 2.24. The molecule has 0 saturated carbocycles. The Bertz CT molecular complexity index is 600. The number of ether oxygens (including phenoxy) is 1. The quantitative estimate of drug-likeness (QED) is 0.850. The van der Waals surface area contributed by atoms with Gasteiger partial charge in [0.2, 0.25) is 0 Å². The van der Waals surface area contributed by atoms with Crippen molar-refractivity contribution in [2.75, 3.05) is 6.61 Å². The molecule has 0 aliphatic rings. The summed E-state index contributed by atoms with van der Waals surface area (Å²) in [4.78, 5) is 11.4. The van der Waals surface area contributed by atoms with Gasteiger partial charge in [-0.3, -0.25) is 0 Å². The second-order valence-electron chi connectivity index (χ2n) is 4.99. The van der Waals surface area contributed by atoms with Gasteiger partial charge in [-0.05, 0) is 28.8 Å². The van der Waals surface area contributed by atoms with Crippen LogP contribution in [0.3, 0.4) is 0 Å². The molecule has 0 saturated heterocycles. The van der Waals surface area contributed by atoms with E-state index in [0.29, 0.717) is 18.3 Å². The monoisotopic (exact) mass is 272 g/mol. The fourth-order valence-corrected chi connectivity index (χ4v) is 2.24. The summed E-state index contributed by atoms with van der Waals surface area (Å²) in [5, 5.41) is 11.2. The average molecular weight is 272 g/mol. The highest BCUT2D eigenvalue weighted by molar-refractivity contribution is 5.97. The Morgan fingerprint density at radius 3 is 2.30 bits per heavy atom. The van der Waals surface area contributed by atoms with E-state index in [1.807, 2.05) is 30.3 Å². The summed E-state index contributed by atoms with van der Waals surface area (Å²) in [5.74, 6) is -0.0264. The molecule has 0 bridgehead atoms. The number of aromatic carboxylic acids is 1. The summed E-state index contributed by atoms with van der Waals surface area (Å²) < 4.78 is 5.77. The molecule has 0 aromatic heterocycles. The SMILES string of the molecule is CCC(CC)COc1cc2ccccc2cc1C(=O)O. The fraction of sp³-hybridized carbons (Fsp3) is 0.353. The first-order chi connectivity index (χ1) is 9.65. The number of rotatable bonds is 6. The van der Waals surface area contributed by atoms with Gasteiger partial charge >= 0.3 is 5.97 Å². The minimum Gasteiger partial charge on any atom is -0.492 e. The zero-order valence-corrected chi connectivity index (χ0v) is 11.9. The van der Waals surface area contributed by atoms with Crippen LogP contribution in [0.2, 0.25) is 0 Å². The maximum Gasteiger partial charge on any atom is 0.339 e. The van der Waals surface area contributed by atoms with Crippen LogP contribution in [0, 0.1) is 5.92 Å². The number of hydrogen-bond donors (Lipinski definition) is 1. The maximum atomic E-state index is 11.4. The van der Waals surface area contributed by atoms with Gasteiger partial charge in [-0.15, -0.1) is 0 Å². The molecule has 2 rings (SSSR count). The van der Waals surface area contributed by atoms with Gasteiger partial charge in [-0.1, -0.05) is 51.0 Å². The highest BCUT2D eigenvalue weighted by Crippen LogP contribution is 2.27. The van der Waals surface area contributed by atoms with Gasteiger partial charge in [0.05, 0.1) is 6.61 Å². The van der Waals surface area contributed by atoms with E-state index in [2.05, 4.69) is 13.8 Å². The van der Waals surface area contributed by atoms with Crippen molar-refractivity contribution in [3.05, 3.63) is 42.0 Å². The summed E-state index contributed by atoms with van der Waals surface area (Å²) in [6.07, 6.45) is 2.07. The van der Waals surface area contributed by atoms with Gasteiger partial charge in [0.15, 0.2) is 0 Å². The van der Waals surface area contributed by atoms with Crippen LogP contribution in [0.25, 0.3) is 10.8 Å². The molecule has 0 aliphatic carbocycles. The molecule has 0 radical (unpaired) electrons. The molecule has 2 aromatic rings. The van der Waals surface area contributed by atoms with Crippen LogP contribution >= 0.6 is 0 Å². The van der Waals surface area contributed by atoms with E-state index in [-0.39, 0.29) is 5.56 Å². The van der Waals surface area contributed by atoms with Gasteiger partial charge in [-0.25, -0.2) is 4.79 Å². The van der Waals surface area contributed by atoms with Crippen LogP contribution in [-0.4, -0.2) is 17.7 Å². The molecule has 20 heavy (non-hydrogen) atoms. The van der Waals surface area contributed by atoms with Gasteiger partial charge < -0.3 is 9.84 Å². The number of carbonyl (C=O) groups is 1. The zero-order valence-electron chi connectivity index (χ0n) is 11.9. The van der Waals surface area contributed by atoms with Crippen LogP contribution in [0.15, 0.2) is 36.4 Å². The number of carboxylic acids is 1. The zero-order chi connectivity index (χ0) is 14.5. The summed E-state index contributed by atoms with van der Waals surface area (Å²) in [7, 11) is 0.